The molecule has 1 heterocycles. The van der Waals surface area contributed by atoms with Crippen molar-refractivity contribution in [1.82, 2.24) is 9.78 Å². The summed E-state index contributed by atoms with van der Waals surface area (Å²) in [6.07, 6.45) is 0.683. The highest BCUT2D eigenvalue weighted by atomic mass is 16.1. The first-order valence-corrected chi connectivity index (χ1v) is 5.49. The molecular formula is C13H15N3O. The van der Waals surface area contributed by atoms with Gasteiger partial charge in [-0.2, -0.15) is 5.10 Å². The van der Waals surface area contributed by atoms with Crippen LogP contribution in [0.25, 0.3) is 0 Å². The second-order valence-corrected chi connectivity index (χ2v) is 4.05. The van der Waals surface area contributed by atoms with Crippen LogP contribution in [-0.2, 0) is 11.3 Å². The molecule has 0 saturated heterocycles. The third kappa shape index (κ3) is 2.72. The lowest BCUT2D eigenvalue weighted by Gasteiger charge is -2.06. The molecule has 0 unspecified atom stereocenters. The van der Waals surface area contributed by atoms with Gasteiger partial charge in [0.25, 0.3) is 0 Å². The van der Waals surface area contributed by atoms with Crippen LogP contribution in [0.5, 0.6) is 0 Å². The third-order valence-electron chi connectivity index (χ3n) is 2.59. The molecule has 1 aromatic carbocycles. The van der Waals surface area contributed by atoms with E-state index < -0.39 is 0 Å². The van der Waals surface area contributed by atoms with Gasteiger partial charge in [0.15, 0.2) is 0 Å². The molecule has 0 radical (unpaired) electrons. The lowest BCUT2D eigenvalue weighted by molar-refractivity contribution is -0.105. The number of carbonyl (C=O) groups is 1. The SMILES string of the molecule is Cc1cc(C)n(Cc2cccc(NC=O)c2)n1. The van der Waals surface area contributed by atoms with E-state index in [-0.39, 0.29) is 0 Å². The fourth-order valence-corrected chi connectivity index (χ4v) is 1.84. The van der Waals surface area contributed by atoms with E-state index in [1.165, 1.54) is 0 Å². The van der Waals surface area contributed by atoms with Gasteiger partial charge in [0.05, 0.1) is 12.2 Å². The largest absolute Gasteiger partial charge is 0.329 e. The molecule has 0 saturated carbocycles. The summed E-state index contributed by atoms with van der Waals surface area (Å²) in [6.45, 7) is 4.73. The van der Waals surface area contributed by atoms with Crippen LogP contribution in [0, 0.1) is 13.8 Å². The maximum absolute atomic E-state index is 10.4. The molecule has 88 valence electrons. The number of benzene rings is 1. The van der Waals surface area contributed by atoms with Gasteiger partial charge < -0.3 is 5.32 Å². The first-order chi connectivity index (χ1) is 8.19. The Hall–Kier alpha value is -2.10. The lowest BCUT2D eigenvalue weighted by atomic mass is 10.2. The molecule has 0 aliphatic heterocycles. The maximum Gasteiger partial charge on any atom is 0.211 e. The lowest BCUT2D eigenvalue weighted by Crippen LogP contribution is -2.04. The summed E-state index contributed by atoms with van der Waals surface area (Å²) in [4.78, 5) is 10.4. The van der Waals surface area contributed by atoms with Crippen LogP contribution in [0.15, 0.2) is 30.3 Å². The minimum Gasteiger partial charge on any atom is -0.329 e. The molecule has 4 nitrogen and oxygen atoms in total. The molecule has 0 spiro atoms. The summed E-state index contributed by atoms with van der Waals surface area (Å²) in [7, 11) is 0. The molecule has 1 amide bonds. The van der Waals surface area contributed by atoms with Gasteiger partial charge >= 0.3 is 0 Å². The van der Waals surface area contributed by atoms with Crippen molar-refractivity contribution in [3.8, 4) is 0 Å². The van der Waals surface area contributed by atoms with Crippen LogP contribution in [0.4, 0.5) is 5.69 Å². The highest BCUT2D eigenvalue weighted by Gasteiger charge is 2.02. The number of amides is 1. The zero-order valence-electron chi connectivity index (χ0n) is 9.97. The molecule has 17 heavy (non-hydrogen) atoms. The highest BCUT2D eigenvalue weighted by Crippen LogP contribution is 2.12. The summed E-state index contributed by atoms with van der Waals surface area (Å²) >= 11 is 0. The Morgan fingerprint density at radius 3 is 2.82 bits per heavy atom. The van der Waals surface area contributed by atoms with Crippen LogP contribution in [0.3, 0.4) is 0 Å². The molecule has 1 aromatic heterocycles. The van der Waals surface area contributed by atoms with E-state index in [1.54, 1.807) is 0 Å². The Morgan fingerprint density at radius 1 is 1.35 bits per heavy atom. The van der Waals surface area contributed by atoms with E-state index in [0.29, 0.717) is 13.0 Å². The third-order valence-corrected chi connectivity index (χ3v) is 2.59. The minimum absolute atomic E-state index is 0.683. The molecule has 0 aliphatic rings. The Balaban J connectivity index is 2.20. The van der Waals surface area contributed by atoms with E-state index in [0.717, 1.165) is 22.6 Å². The first kappa shape index (κ1) is 11.4. The number of hydrogen-bond acceptors (Lipinski definition) is 2. The number of aryl methyl sites for hydroxylation is 2. The van der Waals surface area contributed by atoms with Crippen molar-refractivity contribution in [2.24, 2.45) is 0 Å². The maximum atomic E-state index is 10.4. The number of nitrogens with zero attached hydrogens (tertiary/aromatic N) is 2. The topological polar surface area (TPSA) is 46.9 Å². The second kappa shape index (κ2) is 4.82. The zero-order chi connectivity index (χ0) is 12.3. The van der Waals surface area contributed by atoms with Gasteiger partial charge in [-0.25, -0.2) is 0 Å². The number of hydrogen-bond donors (Lipinski definition) is 1. The smallest absolute Gasteiger partial charge is 0.211 e. The summed E-state index contributed by atoms with van der Waals surface area (Å²) in [5.74, 6) is 0. The average molecular weight is 229 g/mol. The van der Waals surface area contributed by atoms with Crippen molar-refractivity contribution in [1.29, 1.82) is 0 Å². The normalized spacial score (nSPS) is 10.2. The molecule has 0 atom stereocenters. The number of carbonyl (C=O) groups excluding carboxylic acids is 1. The van der Waals surface area contributed by atoms with E-state index in [4.69, 9.17) is 0 Å². The molecule has 4 heteroatoms. The Labute approximate surface area is 100 Å². The molecule has 1 N–H and O–H groups in total. The number of rotatable bonds is 4. The summed E-state index contributed by atoms with van der Waals surface area (Å²) in [6, 6.07) is 9.80. The molecule has 0 bridgehead atoms. The average Bonchev–Trinajstić information content (AvgIpc) is 2.58. The monoisotopic (exact) mass is 229 g/mol. The van der Waals surface area contributed by atoms with E-state index in [1.807, 2.05) is 48.9 Å². The summed E-state index contributed by atoms with van der Waals surface area (Å²) < 4.78 is 1.95. The van der Waals surface area contributed by atoms with Gasteiger partial charge in [-0.05, 0) is 37.6 Å². The number of nitrogens with one attached hydrogen (secondary N) is 1. The van der Waals surface area contributed by atoms with Crippen molar-refractivity contribution in [3.05, 3.63) is 47.3 Å². The van der Waals surface area contributed by atoms with Crippen molar-refractivity contribution in [2.45, 2.75) is 20.4 Å². The predicted molar refractivity (Wildman–Crippen MR) is 66.9 cm³/mol. The molecule has 0 fully saturated rings. The number of aromatic nitrogens is 2. The van der Waals surface area contributed by atoms with E-state index >= 15 is 0 Å². The first-order valence-electron chi connectivity index (χ1n) is 5.49. The Kier molecular flexibility index (Phi) is 3.23. The molecular weight excluding hydrogens is 214 g/mol. The van der Waals surface area contributed by atoms with Crippen LogP contribution in [0.1, 0.15) is 17.0 Å². The van der Waals surface area contributed by atoms with E-state index in [9.17, 15) is 4.79 Å². The summed E-state index contributed by atoms with van der Waals surface area (Å²) in [5.41, 5.74) is 4.07. The molecule has 2 rings (SSSR count). The fraction of sp³-hybridized carbons (Fsp3) is 0.231. The summed E-state index contributed by atoms with van der Waals surface area (Å²) in [5, 5.41) is 7.05. The fourth-order valence-electron chi connectivity index (χ4n) is 1.84. The minimum atomic E-state index is 0.683. The standard InChI is InChI=1S/C13H15N3O/c1-10-6-11(2)16(15-10)8-12-4-3-5-13(7-12)14-9-17/h3-7,9H,8H2,1-2H3,(H,14,17). The van der Waals surface area contributed by atoms with Crippen LogP contribution < -0.4 is 5.32 Å². The van der Waals surface area contributed by atoms with Crippen molar-refractivity contribution < 1.29 is 4.79 Å². The van der Waals surface area contributed by atoms with Gasteiger partial charge in [-0.3, -0.25) is 9.48 Å². The Morgan fingerprint density at radius 2 is 2.18 bits per heavy atom. The van der Waals surface area contributed by atoms with Crippen molar-refractivity contribution >= 4 is 12.1 Å². The van der Waals surface area contributed by atoms with E-state index in [2.05, 4.69) is 10.4 Å². The molecule has 0 aliphatic carbocycles. The van der Waals surface area contributed by atoms with Crippen molar-refractivity contribution in [2.75, 3.05) is 5.32 Å². The molecule has 2 aromatic rings. The number of anilines is 1. The quantitative estimate of drug-likeness (QED) is 0.816. The van der Waals surface area contributed by atoms with Crippen LogP contribution >= 0.6 is 0 Å². The van der Waals surface area contributed by atoms with Gasteiger partial charge in [0.2, 0.25) is 6.41 Å². The van der Waals surface area contributed by atoms with Crippen LogP contribution in [0.2, 0.25) is 0 Å². The van der Waals surface area contributed by atoms with Crippen LogP contribution in [-0.4, -0.2) is 16.2 Å². The van der Waals surface area contributed by atoms with Gasteiger partial charge in [-0.15, -0.1) is 0 Å². The highest BCUT2D eigenvalue weighted by molar-refractivity contribution is 5.71. The second-order valence-electron chi connectivity index (χ2n) is 4.05. The van der Waals surface area contributed by atoms with Gasteiger partial charge in [0, 0.05) is 11.4 Å². The van der Waals surface area contributed by atoms with Crippen molar-refractivity contribution in [3.63, 3.8) is 0 Å². The Bertz CT molecular complexity index is 531. The zero-order valence-corrected chi connectivity index (χ0v) is 9.97. The van der Waals surface area contributed by atoms with Gasteiger partial charge in [0.1, 0.15) is 0 Å². The van der Waals surface area contributed by atoms with Gasteiger partial charge in [-0.1, -0.05) is 12.1 Å². The predicted octanol–water partition coefficient (Wildman–Crippen LogP) is 2.12.